The largest absolute Gasteiger partial charge is 0.493 e. The number of ether oxygens (including phenoxy) is 1. The molecule has 1 aromatic carbocycles. The molecular formula is C12H13ClO3. The van der Waals surface area contributed by atoms with Crippen molar-refractivity contribution in [2.45, 2.75) is 19.4 Å². The number of hydrogen-bond donors (Lipinski definition) is 1. The van der Waals surface area contributed by atoms with Crippen molar-refractivity contribution < 1.29 is 14.3 Å². The number of methoxy groups -OCH3 is 1. The first-order valence-corrected chi connectivity index (χ1v) is 5.42. The summed E-state index contributed by atoms with van der Waals surface area (Å²) in [4.78, 5) is 0. The van der Waals surface area contributed by atoms with Gasteiger partial charge >= 0.3 is 0 Å². The van der Waals surface area contributed by atoms with E-state index in [1.165, 1.54) is 0 Å². The number of hydrogen-bond acceptors (Lipinski definition) is 3. The summed E-state index contributed by atoms with van der Waals surface area (Å²) in [6.45, 7) is 1.72. The van der Waals surface area contributed by atoms with Gasteiger partial charge in [0, 0.05) is 5.39 Å². The first kappa shape index (κ1) is 11.3. The van der Waals surface area contributed by atoms with E-state index in [9.17, 15) is 5.11 Å². The van der Waals surface area contributed by atoms with Gasteiger partial charge in [0.2, 0.25) is 0 Å². The molecule has 1 aromatic heterocycles. The van der Waals surface area contributed by atoms with Crippen LogP contribution in [0.25, 0.3) is 11.0 Å². The van der Waals surface area contributed by atoms with Gasteiger partial charge in [0.15, 0.2) is 11.3 Å². The highest BCUT2D eigenvalue weighted by molar-refractivity contribution is 6.36. The van der Waals surface area contributed by atoms with E-state index in [1.54, 1.807) is 32.4 Å². The molecule has 86 valence electrons. The van der Waals surface area contributed by atoms with Crippen molar-refractivity contribution in [1.29, 1.82) is 0 Å². The molecule has 1 unspecified atom stereocenters. The lowest BCUT2D eigenvalue weighted by Gasteiger charge is -2.10. The molecule has 0 aliphatic heterocycles. The zero-order chi connectivity index (χ0) is 11.7. The normalized spacial score (nSPS) is 13.0. The van der Waals surface area contributed by atoms with Crippen LogP contribution in [0.2, 0.25) is 5.02 Å². The zero-order valence-electron chi connectivity index (χ0n) is 9.16. The predicted molar refractivity (Wildman–Crippen MR) is 63.2 cm³/mol. The maximum Gasteiger partial charge on any atom is 0.177 e. The van der Waals surface area contributed by atoms with Gasteiger partial charge in [-0.15, -0.1) is 0 Å². The van der Waals surface area contributed by atoms with Crippen LogP contribution in [0.5, 0.6) is 5.75 Å². The molecule has 4 heteroatoms. The molecule has 0 aliphatic carbocycles. The van der Waals surface area contributed by atoms with Gasteiger partial charge in [0.05, 0.1) is 24.5 Å². The molecule has 1 atom stereocenters. The van der Waals surface area contributed by atoms with Crippen LogP contribution >= 0.6 is 11.6 Å². The molecule has 0 bridgehead atoms. The van der Waals surface area contributed by atoms with Gasteiger partial charge in [0.1, 0.15) is 0 Å². The number of aliphatic hydroxyl groups excluding tert-OH is 1. The van der Waals surface area contributed by atoms with Crippen molar-refractivity contribution in [3.8, 4) is 5.75 Å². The molecule has 0 spiro atoms. The van der Waals surface area contributed by atoms with E-state index >= 15 is 0 Å². The van der Waals surface area contributed by atoms with Crippen LogP contribution in [0.1, 0.15) is 12.5 Å². The summed E-state index contributed by atoms with van der Waals surface area (Å²) in [5.41, 5.74) is 1.50. The summed E-state index contributed by atoms with van der Waals surface area (Å²) in [7, 11) is 1.58. The third-order valence-corrected chi connectivity index (χ3v) is 2.89. The van der Waals surface area contributed by atoms with Gasteiger partial charge in [0.25, 0.3) is 0 Å². The number of furan rings is 1. The lowest BCUT2D eigenvalue weighted by molar-refractivity contribution is 0.195. The van der Waals surface area contributed by atoms with Gasteiger partial charge in [-0.1, -0.05) is 11.6 Å². The molecule has 2 aromatic rings. The third-order valence-electron chi connectivity index (χ3n) is 2.45. The van der Waals surface area contributed by atoms with Crippen molar-refractivity contribution in [3.63, 3.8) is 0 Å². The number of benzene rings is 1. The SMILES string of the molecule is COc1cc(CC(C)O)c(Cl)c2ccoc12. The van der Waals surface area contributed by atoms with Crippen molar-refractivity contribution in [1.82, 2.24) is 0 Å². The molecule has 1 N–H and O–H groups in total. The van der Waals surface area contributed by atoms with E-state index in [0.29, 0.717) is 22.8 Å². The van der Waals surface area contributed by atoms with E-state index in [4.69, 9.17) is 20.8 Å². The van der Waals surface area contributed by atoms with Crippen LogP contribution in [-0.2, 0) is 6.42 Å². The zero-order valence-corrected chi connectivity index (χ0v) is 9.91. The second kappa shape index (κ2) is 4.36. The van der Waals surface area contributed by atoms with Gasteiger partial charge < -0.3 is 14.3 Å². The fourth-order valence-corrected chi connectivity index (χ4v) is 2.03. The van der Waals surface area contributed by atoms with Crippen molar-refractivity contribution in [2.24, 2.45) is 0 Å². The average Bonchev–Trinajstić information content (AvgIpc) is 2.70. The number of fused-ring (bicyclic) bond motifs is 1. The van der Waals surface area contributed by atoms with E-state index in [2.05, 4.69) is 0 Å². The molecule has 2 rings (SSSR count). The quantitative estimate of drug-likeness (QED) is 0.897. The van der Waals surface area contributed by atoms with Crippen LogP contribution in [-0.4, -0.2) is 18.3 Å². The van der Waals surface area contributed by atoms with Crippen molar-refractivity contribution in [3.05, 3.63) is 29.0 Å². The number of halogens is 1. The molecule has 16 heavy (non-hydrogen) atoms. The predicted octanol–water partition coefficient (Wildman–Crippen LogP) is 3.02. The van der Waals surface area contributed by atoms with E-state index < -0.39 is 6.10 Å². The van der Waals surface area contributed by atoms with Crippen molar-refractivity contribution in [2.75, 3.05) is 7.11 Å². The van der Waals surface area contributed by atoms with Crippen molar-refractivity contribution >= 4 is 22.6 Å². The Balaban J connectivity index is 2.61. The second-order valence-corrected chi connectivity index (χ2v) is 4.15. The third kappa shape index (κ3) is 1.88. The van der Waals surface area contributed by atoms with Gasteiger partial charge in [-0.3, -0.25) is 0 Å². The fourth-order valence-electron chi connectivity index (χ4n) is 1.75. The Bertz CT molecular complexity index is 502. The summed E-state index contributed by atoms with van der Waals surface area (Å²) < 4.78 is 10.5. The van der Waals surface area contributed by atoms with E-state index in [0.717, 1.165) is 10.9 Å². The second-order valence-electron chi connectivity index (χ2n) is 3.77. The molecule has 0 saturated heterocycles. The average molecular weight is 241 g/mol. The van der Waals surface area contributed by atoms with Gasteiger partial charge in [-0.25, -0.2) is 0 Å². The highest BCUT2D eigenvalue weighted by Crippen LogP contribution is 2.35. The Kier molecular flexibility index (Phi) is 3.08. The minimum Gasteiger partial charge on any atom is -0.493 e. The Hall–Kier alpha value is -1.19. The molecule has 1 heterocycles. The smallest absolute Gasteiger partial charge is 0.177 e. The Morgan fingerprint density at radius 1 is 1.56 bits per heavy atom. The van der Waals surface area contributed by atoms with Crippen LogP contribution in [0, 0.1) is 0 Å². The van der Waals surface area contributed by atoms with Crippen LogP contribution in [0.4, 0.5) is 0 Å². The monoisotopic (exact) mass is 240 g/mol. The van der Waals surface area contributed by atoms with E-state index in [1.807, 2.05) is 0 Å². The molecule has 3 nitrogen and oxygen atoms in total. The highest BCUT2D eigenvalue weighted by atomic mass is 35.5. The summed E-state index contributed by atoms with van der Waals surface area (Å²) in [5, 5.41) is 10.8. The number of rotatable bonds is 3. The minimum atomic E-state index is -0.438. The maximum atomic E-state index is 9.39. The summed E-state index contributed by atoms with van der Waals surface area (Å²) in [6.07, 6.45) is 1.63. The van der Waals surface area contributed by atoms with Crippen LogP contribution in [0.3, 0.4) is 0 Å². The topological polar surface area (TPSA) is 42.6 Å². The molecule has 0 radical (unpaired) electrons. The summed E-state index contributed by atoms with van der Waals surface area (Å²) in [5.74, 6) is 0.639. The number of aliphatic hydroxyl groups is 1. The standard InChI is InChI=1S/C12H13ClO3/c1-7(14)5-8-6-10(15-2)12-9(11(8)13)3-4-16-12/h3-4,6-7,14H,5H2,1-2H3. The summed E-state index contributed by atoms with van der Waals surface area (Å²) >= 11 is 6.23. The van der Waals surface area contributed by atoms with Crippen LogP contribution in [0.15, 0.2) is 22.8 Å². The van der Waals surface area contributed by atoms with E-state index in [-0.39, 0.29) is 0 Å². The molecule has 0 fully saturated rings. The molecule has 0 saturated carbocycles. The van der Waals surface area contributed by atoms with Gasteiger partial charge in [-0.2, -0.15) is 0 Å². The first-order valence-electron chi connectivity index (χ1n) is 5.04. The van der Waals surface area contributed by atoms with Crippen LogP contribution < -0.4 is 4.74 Å². The highest BCUT2D eigenvalue weighted by Gasteiger charge is 2.14. The minimum absolute atomic E-state index is 0.438. The lowest BCUT2D eigenvalue weighted by Crippen LogP contribution is -2.05. The Labute approximate surface area is 98.6 Å². The maximum absolute atomic E-state index is 9.39. The molecular weight excluding hydrogens is 228 g/mol. The summed E-state index contributed by atoms with van der Waals surface area (Å²) in [6, 6.07) is 3.60. The first-order chi connectivity index (χ1) is 7.63. The lowest BCUT2D eigenvalue weighted by atomic mass is 10.1. The fraction of sp³-hybridized carbons (Fsp3) is 0.333. The Morgan fingerprint density at radius 2 is 2.31 bits per heavy atom. The molecule has 0 aliphatic rings. The Morgan fingerprint density at radius 3 is 2.94 bits per heavy atom. The van der Waals surface area contributed by atoms with Gasteiger partial charge in [-0.05, 0) is 31.0 Å². The molecule has 0 amide bonds.